The van der Waals surface area contributed by atoms with Crippen molar-refractivity contribution in [2.75, 3.05) is 11.9 Å². The summed E-state index contributed by atoms with van der Waals surface area (Å²) in [6.45, 7) is 3.53. The largest absolute Gasteiger partial charge is 0.446 e. The maximum absolute atomic E-state index is 13.3. The van der Waals surface area contributed by atoms with Crippen LogP contribution in [0.1, 0.15) is 16.7 Å². The van der Waals surface area contributed by atoms with Gasteiger partial charge < -0.3 is 5.32 Å². The monoisotopic (exact) mass is 450 g/mol. The van der Waals surface area contributed by atoms with Gasteiger partial charge >= 0.3 is 11.9 Å². The number of rotatable bonds is 5. The first-order chi connectivity index (χ1) is 15.3. The number of aryl methyl sites for hydroxylation is 2. The predicted molar refractivity (Wildman–Crippen MR) is 123 cm³/mol. The number of nitrogens with one attached hydrogen (secondary N) is 1. The van der Waals surface area contributed by atoms with Gasteiger partial charge in [0.2, 0.25) is 6.04 Å². The van der Waals surface area contributed by atoms with Crippen LogP contribution in [0.25, 0.3) is 0 Å². The van der Waals surface area contributed by atoms with Gasteiger partial charge in [-0.05, 0) is 42.7 Å². The highest BCUT2D eigenvalue weighted by Crippen LogP contribution is 2.21. The molecule has 2 heterocycles. The summed E-state index contributed by atoms with van der Waals surface area (Å²) >= 11 is 5.93. The lowest BCUT2D eigenvalue weighted by Gasteiger charge is -2.26. The minimum atomic E-state index is -0.974. The number of hydrogen-bond donors (Lipinski definition) is 1. The summed E-state index contributed by atoms with van der Waals surface area (Å²) in [7, 11) is 0. The Morgan fingerprint density at radius 1 is 1.09 bits per heavy atom. The molecule has 4 amide bonds. The fourth-order valence-corrected chi connectivity index (χ4v) is 3.78. The highest BCUT2D eigenvalue weighted by atomic mass is 35.5. The van der Waals surface area contributed by atoms with E-state index in [1.165, 1.54) is 17.0 Å². The van der Waals surface area contributed by atoms with Crippen molar-refractivity contribution in [1.82, 2.24) is 4.90 Å². The molecule has 0 saturated heterocycles. The van der Waals surface area contributed by atoms with Gasteiger partial charge in [-0.2, -0.15) is 9.48 Å². The minimum absolute atomic E-state index is 0.0346. The van der Waals surface area contributed by atoms with E-state index in [-0.39, 0.29) is 18.9 Å². The van der Waals surface area contributed by atoms with Crippen LogP contribution in [0.4, 0.5) is 10.5 Å². The number of amidine groups is 1. The van der Waals surface area contributed by atoms with Gasteiger partial charge in [-0.15, -0.1) is 4.99 Å². The van der Waals surface area contributed by atoms with Crippen LogP contribution in [-0.2, 0) is 16.1 Å². The van der Waals surface area contributed by atoms with Crippen LogP contribution in [0.3, 0.4) is 0 Å². The van der Waals surface area contributed by atoms with Gasteiger partial charge in [-0.3, -0.25) is 14.6 Å². The van der Waals surface area contributed by atoms with Crippen molar-refractivity contribution in [2.24, 2.45) is 9.98 Å². The van der Waals surface area contributed by atoms with E-state index in [1.54, 1.807) is 24.3 Å². The lowest BCUT2D eigenvalue weighted by molar-refractivity contribution is -0.429. The molecule has 0 aliphatic carbocycles. The number of anilines is 1. The first kappa shape index (κ1) is 21.6. The van der Waals surface area contributed by atoms with Crippen molar-refractivity contribution in [2.45, 2.75) is 26.4 Å². The van der Waals surface area contributed by atoms with Gasteiger partial charge in [0.1, 0.15) is 12.8 Å². The second kappa shape index (κ2) is 8.84. The van der Waals surface area contributed by atoms with Crippen molar-refractivity contribution in [1.29, 1.82) is 0 Å². The van der Waals surface area contributed by atoms with Crippen molar-refractivity contribution in [3.05, 3.63) is 64.2 Å². The van der Waals surface area contributed by atoms with Crippen LogP contribution in [-0.4, -0.2) is 58.2 Å². The molecule has 0 spiro atoms. The molecule has 0 fully saturated rings. The fraction of sp³-hybridized carbons (Fsp3) is 0.217. The molecule has 0 aromatic heterocycles. The molecule has 2 aromatic carbocycles. The van der Waals surface area contributed by atoms with E-state index in [4.69, 9.17) is 11.6 Å². The zero-order chi connectivity index (χ0) is 22.8. The molecule has 0 saturated carbocycles. The van der Waals surface area contributed by atoms with Gasteiger partial charge in [0.25, 0.3) is 11.7 Å². The van der Waals surface area contributed by atoms with Gasteiger partial charge in [0.05, 0.1) is 6.21 Å². The second-order valence-corrected chi connectivity index (χ2v) is 8.01. The van der Waals surface area contributed by atoms with Crippen molar-refractivity contribution in [3.8, 4) is 0 Å². The number of carbonyl (C=O) groups excluding carboxylic acids is 3. The normalized spacial score (nSPS) is 17.6. The molecule has 2 aliphatic rings. The highest BCUT2D eigenvalue weighted by Gasteiger charge is 2.48. The van der Waals surface area contributed by atoms with E-state index >= 15 is 0 Å². The Bertz CT molecular complexity index is 1180. The molecule has 4 rings (SSSR count). The molecule has 1 atom stereocenters. The van der Waals surface area contributed by atoms with Crippen LogP contribution in [0.5, 0.6) is 0 Å². The van der Waals surface area contributed by atoms with E-state index in [0.717, 1.165) is 21.6 Å². The van der Waals surface area contributed by atoms with Crippen molar-refractivity contribution in [3.63, 3.8) is 0 Å². The van der Waals surface area contributed by atoms with Gasteiger partial charge in [-0.1, -0.05) is 41.9 Å². The summed E-state index contributed by atoms with van der Waals surface area (Å²) in [5, 5.41) is 3.42. The highest BCUT2D eigenvalue weighted by molar-refractivity contribution is 6.30. The number of halogens is 1. The molecular formula is C23H21ClN5O3+. The number of carbonyl (C=O) groups is 3. The third kappa shape index (κ3) is 4.22. The Hall–Kier alpha value is -3.65. The maximum Gasteiger partial charge on any atom is 0.446 e. The summed E-state index contributed by atoms with van der Waals surface area (Å²) in [6.07, 6.45) is 2.81. The number of para-hydroxylation sites is 1. The van der Waals surface area contributed by atoms with E-state index in [2.05, 4.69) is 15.3 Å². The van der Waals surface area contributed by atoms with Crippen LogP contribution >= 0.6 is 11.6 Å². The first-order valence-corrected chi connectivity index (χ1v) is 10.4. The third-order valence-electron chi connectivity index (χ3n) is 5.29. The molecule has 2 aliphatic heterocycles. The van der Waals surface area contributed by atoms with Crippen LogP contribution in [0, 0.1) is 13.8 Å². The maximum atomic E-state index is 13.3. The number of hydrogen-bond acceptors (Lipinski definition) is 5. The SMILES string of the molecule is Cc1cccc(C)c1NC(=O)C[N+]1=C2N=CC=NC2C(=O)N(Cc2ccc(Cl)cc2)C1=O. The smallest absolute Gasteiger partial charge is 0.323 e. The number of imide groups is 1. The summed E-state index contributed by atoms with van der Waals surface area (Å²) in [5.41, 5.74) is 3.24. The summed E-state index contributed by atoms with van der Waals surface area (Å²) in [4.78, 5) is 48.6. The van der Waals surface area contributed by atoms with Crippen LogP contribution in [0.2, 0.25) is 5.02 Å². The number of nitrogens with zero attached hydrogens (tertiary/aromatic N) is 4. The van der Waals surface area contributed by atoms with Gasteiger partial charge in [0.15, 0.2) is 6.54 Å². The lowest BCUT2D eigenvalue weighted by atomic mass is 10.1. The molecule has 1 unspecified atom stereocenters. The summed E-state index contributed by atoms with van der Waals surface area (Å²) in [6, 6.07) is 10.9. The van der Waals surface area contributed by atoms with Crippen molar-refractivity contribution < 1.29 is 19.0 Å². The Balaban J connectivity index is 1.63. The van der Waals surface area contributed by atoms with Crippen LogP contribution in [0.15, 0.2) is 52.4 Å². The standard InChI is InChI=1S/C23H20ClN5O3/c1-14-4-3-5-15(2)19(14)27-18(30)13-28-21-20(25-10-11-26-21)22(31)29(23(28)32)12-16-6-8-17(24)9-7-16/h3-11,20H,12-13H2,1-2H3/p+1. The topological polar surface area (TPSA) is 94.2 Å². The predicted octanol–water partition coefficient (Wildman–Crippen LogP) is 2.99. The zero-order valence-corrected chi connectivity index (χ0v) is 18.3. The molecule has 1 N–H and O–H groups in total. The molecule has 8 nitrogen and oxygen atoms in total. The number of urea groups is 1. The molecule has 2 aromatic rings. The minimum Gasteiger partial charge on any atom is -0.323 e. The fourth-order valence-electron chi connectivity index (χ4n) is 3.65. The lowest BCUT2D eigenvalue weighted by Crippen LogP contribution is -2.57. The quantitative estimate of drug-likeness (QED) is 0.709. The van der Waals surface area contributed by atoms with Crippen molar-refractivity contribution >= 4 is 53.4 Å². The summed E-state index contributed by atoms with van der Waals surface area (Å²) < 4.78 is 1.21. The molecule has 32 heavy (non-hydrogen) atoms. The molecular weight excluding hydrogens is 430 g/mol. The average Bonchev–Trinajstić information content (AvgIpc) is 2.78. The number of aliphatic imine (C=N–C) groups is 2. The second-order valence-electron chi connectivity index (χ2n) is 7.57. The molecule has 162 valence electrons. The number of benzene rings is 2. The van der Waals surface area contributed by atoms with E-state index in [1.807, 2.05) is 32.0 Å². The third-order valence-corrected chi connectivity index (χ3v) is 5.54. The molecule has 9 heteroatoms. The number of fused-ring (bicyclic) bond motifs is 1. The van der Waals surface area contributed by atoms with Gasteiger partial charge in [-0.25, -0.2) is 4.79 Å². The van der Waals surface area contributed by atoms with Gasteiger partial charge in [0, 0.05) is 10.7 Å². The average molecular weight is 451 g/mol. The van der Waals surface area contributed by atoms with E-state index in [0.29, 0.717) is 10.7 Å². The molecule has 0 radical (unpaired) electrons. The first-order valence-electron chi connectivity index (χ1n) is 10.0. The molecule has 0 bridgehead atoms. The van der Waals surface area contributed by atoms with E-state index < -0.39 is 23.9 Å². The summed E-state index contributed by atoms with van der Waals surface area (Å²) in [5.74, 6) is -0.737. The Kier molecular flexibility index (Phi) is 5.96. The van der Waals surface area contributed by atoms with Crippen LogP contribution < -0.4 is 5.32 Å². The Morgan fingerprint density at radius 2 is 1.78 bits per heavy atom. The number of amides is 4. The Morgan fingerprint density at radius 3 is 2.47 bits per heavy atom. The van der Waals surface area contributed by atoms with E-state index in [9.17, 15) is 14.4 Å². The zero-order valence-electron chi connectivity index (χ0n) is 17.6. The Labute approximate surface area is 189 Å².